The SMILES string of the molecule is CC(C)OCCN1c2nc(N3CCOCC3)cc(=O)n2CC[C@@]1(C)C(F)(F)F. The van der Waals surface area contributed by atoms with Crippen molar-refractivity contribution in [1.82, 2.24) is 9.55 Å². The standard InChI is InChI=1S/C18H27F3N4O3/c1-13(2)28-11-8-25-16-22-14(23-6-9-27-10-7-23)12-15(26)24(16)5-4-17(25,3)18(19,20)21/h12-13H,4-11H2,1-3H3/t17-/m0/s1. The molecule has 1 saturated heterocycles. The van der Waals surface area contributed by atoms with E-state index in [0.717, 1.165) is 0 Å². The summed E-state index contributed by atoms with van der Waals surface area (Å²) >= 11 is 0. The lowest BCUT2D eigenvalue weighted by Gasteiger charge is -2.47. The molecule has 0 spiro atoms. The maximum atomic E-state index is 14.0. The lowest BCUT2D eigenvalue weighted by atomic mass is 9.92. The van der Waals surface area contributed by atoms with Crippen LogP contribution in [0.25, 0.3) is 0 Å². The summed E-state index contributed by atoms with van der Waals surface area (Å²) in [6, 6.07) is 1.40. The third kappa shape index (κ3) is 3.98. The first-order valence-corrected chi connectivity index (χ1v) is 9.54. The highest BCUT2D eigenvalue weighted by Crippen LogP contribution is 2.43. The molecule has 28 heavy (non-hydrogen) atoms. The highest BCUT2D eigenvalue weighted by atomic mass is 19.4. The van der Waals surface area contributed by atoms with Gasteiger partial charge in [0.2, 0.25) is 5.95 Å². The lowest BCUT2D eigenvalue weighted by Crippen LogP contribution is -2.62. The third-order valence-electron chi connectivity index (χ3n) is 5.35. The van der Waals surface area contributed by atoms with Gasteiger partial charge in [0, 0.05) is 32.2 Å². The van der Waals surface area contributed by atoms with E-state index in [0.29, 0.717) is 32.1 Å². The highest BCUT2D eigenvalue weighted by molar-refractivity contribution is 5.48. The Bertz CT molecular complexity index is 747. The minimum Gasteiger partial charge on any atom is -0.378 e. The second-order valence-corrected chi connectivity index (χ2v) is 7.60. The maximum Gasteiger partial charge on any atom is 0.411 e. The Labute approximate surface area is 162 Å². The predicted molar refractivity (Wildman–Crippen MR) is 99.0 cm³/mol. The molecular formula is C18H27F3N4O3. The fourth-order valence-electron chi connectivity index (χ4n) is 3.56. The highest BCUT2D eigenvalue weighted by Gasteiger charge is 2.57. The summed E-state index contributed by atoms with van der Waals surface area (Å²) in [5, 5.41) is 0. The number of halogens is 3. The number of ether oxygens (including phenoxy) is 2. The molecular weight excluding hydrogens is 377 g/mol. The fraction of sp³-hybridized carbons (Fsp3) is 0.778. The average molecular weight is 404 g/mol. The molecule has 3 rings (SSSR count). The van der Waals surface area contributed by atoms with Crippen LogP contribution in [0.4, 0.5) is 24.9 Å². The Morgan fingerprint density at radius 2 is 1.96 bits per heavy atom. The Kier molecular flexibility index (Phi) is 5.90. The van der Waals surface area contributed by atoms with E-state index in [1.165, 1.54) is 22.5 Å². The van der Waals surface area contributed by atoms with Crippen LogP contribution < -0.4 is 15.4 Å². The Balaban J connectivity index is 2.01. The summed E-state index contributed by atoms with van der Waals surface area (Å²) in [4.78, 5) is 20.2. The lowest BCUT2D eigenvalue weighted by molar-refractivity contribution is -0.187. The van der Waals surface area contributed by atoms with E-state index in [-0.39, 0.29) is 43.7 Å². The van der Waals surface area contributed by atoms with Crippen molar-refractivity contribution in [2.75, 3.05) is 49.3 Å². The quantitative estimate of drug-likeness (QED) is 0.749. The van der Waals surface area contributed by atoms with Crippen LogP contribution in [0.15, 0.2) is 10.9 Å². The second-order valence-electron chi connectivity index (χ2n) is 7.60. The first-order valence-electron chi connectivity index (χ1n) is 9.54. The third-order valence-corrected chi connectivity index (χ3v) is 5.35. The number of hydrogen-bond acceptors (Lipinski definition) is 6. The number of nitrogens with zero attached hydrogens (tertiary/aromatic N) is 4. The van der Waals surface area contributed by atoms with E-state index >= 15 is 0 Å². The van der Waals surface area contributed by atoms with Gasteiger partial charge in [-0.15, -0.1) is 0 Å². The van der Waals surface area contributed by atoms with Crippen molar-refractivity contribution >= 4 is 11.8 Å². The molecule has 3 heterocycles. The molecule has 0 radical (unpaired) electrons. The molecule has 2 aliphatic rings. The van der Waals surface area contributed by atoms with Crippen molar-refractivity contribution in [3.8, 4) is 0 Å². The molecule has 1 aromatic heterocycles. The molecule has 0 unspecified atom stereocenters. The Morgan fingerprint density at radius 3 is 2.57 bits per heavy atom. The van der Waals surface area contributed by atoms with E-state index in [1.54, 1.807) is 0 Å². The van der Waals surface area contributed by atoms with Crippen LogP contribution >= 0.6 is 0 Å². The molecule has 0 amide bonds. The van der Waals surface area contributed by atoms with Crippen LogP contribution in [0.1, 0.15) is 27.2 Å². The average Bonchev–Trinajstić information content (AvgIpc) is 2.63. The molecule has 0 saturated carbocycles. The molecule has 10 heteroatoms. The molecule has 158 valence electrons. The summed E-state index contributed by atoms with van der Waals surface area (Å²) in [7, 11) is 0. The van der Waals surface area contributed by atoms with Gasteiger partial charge in [-0.3, -0.25) is 9.36 Å². The monoisotopic (exact) mass is 404 g/mol. The predicted octanol–water partition coefficient (Wildman–Crippen LogP) is 2.04. The van der Waals surface area contributed by atoms with Crippen LogP contribution in [0.3, 0.4) is 0 Å². The first-order chi connectivity index (χ1) is 13.1. The van der Waals surface area contributed by atoms with E-state index < -0.39 is 11.7 Å². The fourth-order valence-corrected chi connectivity index (χ4v) is 3.56. The largest absolute Gasteiger partial charge is 0.411 e. The Hall–Kier alpha value is -1.81. The van der Waals surface area contributed by atoms with Crippen molar-refractivity contribution in [3.63, 3.8) is 0 Å². The maximum absolute atomic E-state index is 14.0. The summed E-state index contributed by atoms with van der Waals surface area (Å²) in [6.07, 6.45) is -4.79. The molecule has 0 aliphatic carbocycles. The summed E-state index contributed by atoms with van der Waals surface area (Å²) in [5.41, 5.74) is -2.46. The smallest absolute Gasteiger partial charge is 0.378 e. The van der Waals surface area contributed by atoms with Gasteiger partial charge in [-0.25, -0.2) is 0 Å². The number of hydrogen-bond donors (Lipinski definition) is 0. The van der Waals surface area contributed by atoms with Gasteiger partial charge in [-0.05, 0) is 27.2 Å². The molecule has 2 aliphatic heterocycles. The van der Waals surface area contributed by atoms with Gasteiger partial charge in [0.25, 0.3) is 5.56 Å². The summed E-state index contributed by atoms with van der Waals surface area (Å²) in [5.74, 6) is 0.438. The number of alkyl halides is 3. The molecule has 1 atom stereocenters. The van der Waals surface area contributed by atoms with E-state index in [4.69, 9.17) is 9.47 Å². The number of anilines is 2. The molecule has 1 fully saturated rings. The molecule has 0 aromatic carbocycles. The molecule has 7 nitrogen and oxygen atoms in total. The van der Waals surface area contributed by atoms with Crippen LogP contribution in [-0.2, 0) is 16.0 Å². The van der Waals surface area contributed by atoms with Gasteiger partial charge in [-0.2, -0.15) is 18.2 Å². The van der Waals surface area contributed by atoms with Gasteiger partial charge >= 0.3 is 6.18 Å². The van der Waals surface area contributed by atoms with Gasteiger partial charge in [0.05, 0.1) is 25.9 Å². The number of rotatable bonds is 5. The van der Waals surface area contributed by atoms with Crippen molar-refractivity contribution in [2.24, 2.45) is 0 Å². The molecule has 0 N–H and O–H groups in total. The van der Waals surface area contributed by atoms with Gasteiger partial charge in [0.1, 0.15) is 11.4 Å². The van der Waals surface area contributed by atoms with E-state index in [9.17, 15) is 18.0 Å². The first kappa shape index (κ1) is 20.9. The van der Waals surface area contributed by atoms with Gasteiger partial charge in [0.15, 0.2) is 0 Å². The Morgan fingerprint density at radius 1 is 1.29 bits per heavy atom. The van der Waals surface area contributed by atoms with E-state index in [1.807, 2.05) is 18.7 Å². The number of aromatic nitrogens is 2. The van der Waals surface area contributed by atoms with Crippen molar-refractivity contribution in [3.05, 3.63) is 16.4 Å². The summed E-state index contributed by atoms with van der Waals surface area (Å²) in [6.45, 7) is 6.97. The topological polar surface area (TPSA) is 59.8 Å². The molecule has 1 aromatic rings. The zero-order valence-corrected chi connectivity index (χ0v) is 16.5. The van der Waals surface area contributed by atoms with Crippen molar-refractivity contribution in [1.29, 1.82) is 0 Å². The van der Waals surface area contributed by atoms with Crippen molar-refractivity contribution in [2.45, 2.75) is 51.6 Å². The number of morpholine rings is 1. The second kappa shape index (κ2) is 7.90. The summed E-state index contributed by atoms with van der Waals surface area (Å²) < 4.78 is 54.1. The van der Waals surface area contributed by atoms with Crippen LogP contribution in [0, 0.1) is 0 Å². The van der Waals surface area contributed by atoms with Crippen molar-refractivity contribution < 1.29 is 22.6 Å². The number of fused-ring (bicyclic) bond motifs is 1. The molecule has 0 bridgehead atoms. The van der Waals surface area contributed by atoms with E-state index in [2.05, 4.69) is 4.98 Å². The van der Waals surface area contributed by atoms with Gasteiger partial charge < -0.3 is 19.3 Å². The van der Waals surface area contributed by atoms with Crippen LogP contribution in [0.2, 0.25) is 0 Å². The zero-order valence-electron chi connectivity index (χ0n) is 16.5. The van der Waals surface area contributed by atoms with Crippen LogP contribution in [-0.4, -0.2) is 66.8 Å². The zero-order chi connectivity index (χ0) is 20.5. The minimum atomic E-state index is -4.47. The van der Waals surface area contributed by atoms with Crippen LogP contribution in [0.5, 0.6) is 0 Å². The normalized spacial score (nSPS) is 23.2. The van der Waals surface area contributed by atoms with Gasteiger partial charge in [-0.1, -0.05) is 0 Å². The minimum absolute atomic E-state index is 0.00675.